The van der Waals surface area contributed by atoms with E-state index in [2.05, 4.69) is 40.4 Å². The van der Waals surface area contributed by atoms with Gasteiger partial charge in [-0.25, -0.2) is 0 Å². The lowest BCUT2D eigenvalue weighted by molar-refractivity contribution is -0.145. The zero-order valence-corrected chi connectivity index (χ0v) is 17.6. The number of benzene rings is 1. The van der Waals surface area contributed by atoms with Crippen LogP contribution in [0.4, 0.5) is 0 Å². The number of hydrogen-bond donors (Lipinski definition) is 0. The van der Waals surface area contributed by atoms with E-state index in [0.717, 1.165) is 37.0 Å². The largest absolute Gasteiger partial charge is 0.461 e. The predicted molar refractivity (Wildman–Crippen MR) is 108 cm³/mol. The molecule has 0 bridgehead atoms. The number of rotatable bonds is 10. The van der Waals surface area contributed by atoms with Crippen LogP contribution in [-0.4, -0.2) is 20.9 Å². The Morgan fingerprint density at radius 1 is 1.12 bits per heavy atom. The summed E-state index contributed by atoms with van der Waals surface area (Å²) in [5.74, 6) is -0.127. The summed E-state index contributed by atoms with van der Waals surface area (Å²) in [5, 5.41) is 0.251. The van der Waals surface area contributed by atoms with Crippen molar-refractivity contribution < 1.29 is 14.0 Å². The second-order valence-electron chi connectivity index (χ2n) is 8.03. The highest BCUT2D eigenvalue weighted by molar-refractivity contribution is 6.74. The summed E-state index contributed by atoms with van der Waals surface area (Å²) in [5.41, 5.74) is 2.07. The molecule has 0 aliphatic heterocycles. The molecule has 0 saturated heterocycles. The molecule has 0 aromatic heterocycles. The number of hydrogen-bond acceptors (Lipinski definition) is 3. The monoisotopic (exact) mass is 362 g/mol. The molecule has 0 aliphatic rings. The second-order valence-corrected chi connectivity index (χ2v) is 12.8. The van der Waals surface area contributed by atoms with E-state index in [9.17, 15) is 4.79 Å². The van der Waals surface area contributed by atoms with Crippen LogP contribution < -0.4 is 0 Å². The summed E-state index contributed by atoms with van der Waals surface area (Å²) in [6.07, 6.45) is 5.13. The molecular formula is C21H34O3Si. The Morgan fingerprint density at radius 3 is 2.32 bits per heavy atom. The van der Waals surface area contributed by atoms with Crippen LogP contribution in [-0.2, 0) is 20.6 Å². The molecule has 0 atom stereocenters. The normalized spacial score (nSPS) is 12.0. The van der Waals surface area contributed by atoms with E-state index in [1.807, 2.05) is 24.3 Å². The Balaban J connectivity index is 2.13. The van der Waals surface area contributed by atoms with Gasteiger partial charge in [-0.15, -0.1) is 0 Å². The van der Waals surface area contributed by atoms with Gasteiger partial charge in [0.05, 0.1) is 0 Å². The van der Waals surface area contributed by atoms with Crippen molar-refractivity contribution in [2.75, 3.05) is 6.61 Å². The molecule has 1 aromatic carbocycles. The molecule has 140 valence electrons. The Kier molecular flexibility index (Phi) is 8.60. The van der Waals surface area contributed by atoms with E-state index in [4.69, 9.17) is 9.16 Å². The van der Waals surface area contributed by atoms with E-state index < -0.39 is 8.32 Å². The lowest BCUT2D eigenvalue weighted by atomic mass is 10.1. The fourth-order valence-electron chi connectivity index (χ4n) is 2.08. The summed E-state index contributed by atoms with van der Waals surface area (Å²) in [7, 11) is -1.64. The van der Waals surface area contributed by atoms with Crippen molar-refractivity contribution in [3.8, 4) is 0 Å². The first-order valence-corrected chi connectivity index (χ1v) is 12.1. The maximum atomic E-state index is 11.8. The molecule has 0 spiro atoms. The summed E-state index contributed by atoms with van der Waals surface area (Å²) in [6.45, 7) is 16.1. The highest BCUT2D eigenvalue weighted by Gasteiger charge is 2.36. The molecule has 0 aliphatic carbocycles. The average molecular weight is 363 g/mol. The Hall–Kier alpha value is -1.39. The lowest BCUT2D eigenvalue weighted by Crippen LogP contribution is -2.40. The minimum Gasteiger partial charge on any atom is -0.461 e. The van der Waals surface area contributed by atoms with Crippen molar-refractivity contribution in [2.45, 2.75) is 71.2 Å². The van der Waals surface area contributed by atoms with Crippen molar-refractivity contribution in [1.82, 2.24) is 0 Å². The Morgan fingerprint density at radius 2 is 1.76 bits per heavy atom. The molecule has 0 saturated carbocycles. The molecule has 0 amide bonds. The molecule has 1 aromatic rings. The third-order valence-electron chi connectivity index (χ3n) is 4.91. The second kappa shape index (κ2) is 9.93. The molecule has 0 fully saturated rings. The zero-order valence-electron chi connectivity index (χ0n) is 16.6. The molecule has 3 nitrogen and oxygen atoms in total. The zero-order chi connectivity index (χ0) is 18.9. The van der Waals surface area contributed by atoms with Gasteiger partial charge in [-0.3, -0.25) is 4.79 Å². The van der Waals surface area contributed by atoms with Crippen LogP contribution in [0.5, 0.6) is 0 Å². The first-order chi connectivity index (χ1) is 11.7. The summed E-state index contributed by atoms with van der Waals surface area (Å²) in [6, 6.07) is 7.86. The minimum absolute atomic E-state index is 0.127. The van der Waals surface area contributed by atoms with Gasteiger partial charge in [0.1, 0.15) is 6.61 Å². The highest BCUT2D eigenvalue weighted by Crippen LogP contribution is 2.36. The van der Waals surface area contributed by atoms with Crippen molar-refractivity contribution >= 4 is 20.4 Å². The van der Waals surface area contributed by atoms with Crippen LogP contribution in [0.3, 0.4) is 0 Å². The van der Waals surface area contributed by atoms with Gasteiger partial charge in [0.25, 0.3) is 0 Å². The van der Waals surface area contributed by atoms with Gasteiger partial charge >= 0.3 is 5.97 Å². The van der Waals surface area contributed by atoms with E-state index in [1.54, 1.807) is 6.08 Å². The van der Waals surface area contributed by atoms with Gasteiger partial charge in [-0.05, 0) is 42.1 Å². The Bertz CT molecular complexity index is 541. The van der Waals surface area contributed by atoms with E-state index in [-0.39, 0.29) is 11.0 Å². The van der Waals surface area contributed by atoms with Crippen molar-refractivity contribution in [1.29, 1.82) is 0 Å². The van der Waals surface area contributed by atoms with Gasteiger partial charge in [-0.2, -0.15) is 0 Å². The molecule has 0 heterocycles. The Labute approximate surface area is 154 Å². The average Bonchev–Trinajstić information content (AvgIpc) is 2.55. The molecular weight excluding hydrogens is 328 g/mol. The van der Waals surface area contributed by atoms with Gasteiger partial charge in [0.15, 0.2) is 8.32 Å². The molecule has 1 rings (SSSR count). The number of esters is 1. The van der Waals surface area contributed by atoms with E-state index in [1.165, 1.54) is 0 Å². The molecule has 4 heteroatoms. The van der Waals surface area contributed by atoms with Crippen LogP contribution in [0.25, 0.3) is 6.08 Å². The SMILES string of the molecule is C=Cc1ccc(COC(=O)CCCCCO[Si](C)(C)C(C)(C)C)cc1. The standard InChI is InChI=1S/C21H34O3Si/c1-7-18-12-14-19(15-13-18)17-23-20(22)11-9-8-10-16-24-25(5,6)21(2,3)4/h7,12-15H,1,8-11,16-17H2,2-6H3. The first-order valence-electron chi connectivity index (χ1n) is 9.17. The van der Waals surface area contributed by atoms with Gasteiger partial charge < -0.3 is 9.16 Å². The van der Waals surface area contributed by atoms with Crippen LogP contribution in [0.15, 0.2) is 30.8 Å². The van der Waals surface area contributed by atoms with Gasteiger partial charge in [-0.1, -0.05) is 64.1 Å². The van der Waals surface area contributed by atoms with E-state index in [0.29, 0.717) is 13.0 Å². The van der Waals surface area contributed by atoms with Crippen molar-refractivity contribution in [3.05, 3.63) is 42.0 Å². The molecule has 0 unspecified atom stereocenters. The molecule has 0 radical (unpaired) electrons. The fraction of sp³-hybridized carbons (Fsp3) is 0.571. The third kappa shape index (κ3) is 8.02. The number of carbonyl (C=O) groups is 1. The van der Waals surface area contributed by atoms with Crippen LogP contribution in [0.1, 0.15) is 57.6 Å². The van der Waals surface area contributed by atoms with Crippen LogP contribution in [0.2, 0.25) is 18.1 Å². The summed E-state index contributed by atoms with van der Waals surface area (Å²) < 4.78 is 11.5. The maximum Gasteiger partial charge on any atom is 0.306 e. The number of carbonyl (C=O) groups excluding carboxylic acids is 1. The first kappa shape index (κ1) is 21.6. The van der Waals surface area contributed by atoms with Gasteiger partial charge in [0.2, 0.25) is 0 Å². The predicted octanol–water partition coefficient (Wildman–Crippen LogP) is 5.96. The van der Waals surface area contributed by atoms with Crippen molar-refractivity contribution in [3.63, 3.8) is 0 Å². The fourth-order valence-corrected chi connectivity index (χ4v) is 3.17. The van der Waals surface area contributed by atoms with Gasteiger partial charge in [0, 0.05) is 13.0 Å². The minimum atomic E-state index is -1.64. The highest BCUT2D eigenvalue weighted by atomic mass is 28.4. The lowest BCUT2D eigenvalue weighted by Gasteiger charge is -2.36. The summed E-state index contributed by atoms with van der Waals surface area (Å²) >= 11 is 0. The maximum absolute atomic E-state index is 11.8. The third-order valence-corrected chi connectivity index (χ3v) is 9.45. The number of unbranched alkanes of at least 4 members (excludes halogenated alkanes) is 2. The topological polar surface area (TPSA) is 35.5 Å². The smallest absolute Gasteiger partial charge is 0.306 e. The molecule has 25 heavy (non-hydrogen) atoms. The van der Waals surface area contributed by atoms with Crippen LogP contribution in [0, 0.1) is 0 Å². The number of ether oxygens (including phenoxy) is 1. The molecule has 0 N–H and O–H groups in total. The quantitative estimate of drug-likeness (QED) is 0.293. The van der Waals surface area contributed by atoms with Crippen LogP contribution >= 0.6 is 0 Å². The summed E-state index contributed by atoms with van der Waals surface area (Å²) in [4.78, 5) is 11.8. The van der Waals surface area contributed by atoms with Crippen molar-refractivity contribution in [2.24, 2.45) is 0 Å². The van der Waals surface area contributed by atoms with E-state index >= 15 is 0 Å².